The fourth-order valence-electron chi connectivity index (χ4n) is 7.00. The highest BCUT2D eigenvalue weighted by molar-refractivity contribution is 7.92. The minimum Gasteiger partial charge on any atom is -0.393 e. The van der Waals surface area contributed by atoms with Crippen LogP contribution in [0.4, 0.5) is 4.39 Å². The van der Waals surface area contributed by atoms with E-state index >= 15 is 0 Å². The number of rotatable bonds is 6. The van der Waals surface area contributed by atoms with E-state index in [1.807, 2.05) is 0 Å². The summed E-state index contributed by atoms with van der Waals surface area (Å²) in [6, 6.07) is 5.53. The Morgan fingerprint density at radius 1 is 1.26 bits per heavy atom. The van der Waals surface area contributed by atoms with Gasteiger partial charge in [0.25, 0.3) is 0 Å². The number of nitrogens with one attached hydrogen (secondary N) is 1. The first-order valence-corrected chi connectivity index (χ1v) is 14.7. The van der Waals surface area contributed by atoms with Crippen molar-refractivity contribution in [2.24, 2.45) is 23.2 Å². The van der Waals surface area contributed by atoms with E-state index in [0.717, 1.165) is 43.3 Å². The van der Waals surface area contributed by atoms with Crippen molar-refractivity contribution >= 4 is 9.73 Å². The number of fused-ring (bicyclic) bond motifs is 1. The molecular weight excluding hydrogens is 461 g/mol. The maximum absolute atomic E-state index is 13.3. The van der Waals surface area contributed by atoms with Crippen LogP contribution in [0.15, 0.2) is 64.6 Å². The number of hydrogen-bond donors (Lipinski definition) is 3. The molecule has 0 spiro atoms. The third-order valence-corrected chi connectivity index (χ3v) is 10.9. The summed E-state index contributed by atoms with van der Waals surface area (Å²) in [6.07, 6.45) is 10.4. The van der Waals surface area contributed by atoms with Gasteiger partial charge in [-0.15, -0.1) is 0 Å². The van der Waals surface area contributed by atoms with Crippen LogP contribution in [-0.2, 0) is 9.73 Å². The van der Waals surface area contributed by atoms with Gasteiger partial charge >= 0.3 is 0 Å². The van der Waals surface area contributed by atoms with Crippen molar-refractivity contribution in [3.63, 3.8) is 0 Å². The Kier molecular flexibility index (Phi) is 7.75. The summed E-state index contributed by atoms with van der Waals surface area (Å²) in [5, 5.41) is 20.2. The van der Waals surface area contributed by atoms with E-state index in [1.54, 1.807) is 0 Å². The third kappa shape index (κ3) is 5.50. The summed E-state index contributed by atoms with van der Waals surface area (Å²) in [6.45, 7) is 8.70. The lowest BCUT2D eigenvalue weighted by Gasteiger charge is -2.44. The van der Waals surface area contributed by atoms with Gasteiger partial charge < -0.3 is 10.2 Å². The third-order valence-electron chi connectivity index (χ3n) is 9.04. The normalized spacial score (nSPS) is 36.2. The highest BCUT2D eigenvalue weighted by Crippen LogP contribution is 2.59. The van der Waals surface area contributed by atoms with E-state index in [1.165, 1.54) is 36.3 Å². The highest BCUT2D eigenvalue weighted by Gasteiger charge is 2.50. The van der Waals surface area contributed by atoms with Crippen molar-refractivity contribution in [1.29, 1.82) is 4.78 Å². The maximum Gasteiger partial charge on any atom is 0.123 e. The topological polar surface area (TPSA) is 81.4 Å². The Hall–Kier alpha value is -1.76. The monoisotopic (exact) mass is 501 g/mol. The molecule has 0 unspecified atom stereocenters. The second-order valence-electron chi connectivity index (χ2n) is 11.3. The summed E-state index contributed by atoms with van der Waals surface area (Å²) in [5.74, 6) is 1.31. The number of hydrogen-bond acceptors (Lipinski definition) is 4. The van der Waals surface area contributed by atoms with Gasteiger partial charge in [-0.05, 0) is 104 Å². The molecule has 0 aliphatic heterocycles. The molecule has 4 rings (SSSR count). The molecule has 192 valence electrons. The maximum atomic E-state index is 13.3. The van der Waals surface area contributed by atoms with Crippen LogP contribution < -0.4 is 0 Å². The lowest BCUT2D eigenvalue weighted by atomic mass is 9.61. The standard InChI is InChI=1S/C29H40FNO3S/c1-19(14-16-35(31,34)25-10-8-23(30)9-11-25)26-12-13-27-21(5-4-15-29(26,27)3)6-7-22-17-24(32)18-28(33)20(22)2/h6-11,19,24,26-28,31-33H,2,4-5,12-18H2,1,3H3/b21-6+,22-7-/t19-,24-,26-,27+,28+,29-,35+/m1/s1. The quantitative estimate of drug-likeness (QED) is 0.422. The molecule has 3 aliphatic carbocycles. The lowest BCUT2D eigenvalue weighted by molar-refractivity contribution is 0.0861. The van der Waals surface area contributed by atoms with Gasteiger partial charge in [0.1, 0.15) is 5.82 Å². The van der Waals surface area contributed by atoms with Crippen LogP contribution in [0.2, 0.25) is 0 Å². The minimum atomic E-state index is -2.93. The van der Waals surface area contributed by atoms with E-state index in [2.05, 4.69) is 32.6 Å². The molecule has 0 heterocycles. The second-order valence-corrected chi connectivity index (χ2v) is 13.5. The summed E-state index contributed by atoms with van der Waals surface area (Å²) in [4.78, 5) is 0.414. The van der Waals surface area contributed by atoms with Crippen LogP contribution >= 0.6 is 0 Å². The molecule has 1 aromatic carbocycles. The number of aliphatic hydroxyl groups excluding tert-OH is 2. The van der Waals surface area contributed by atoms with Crippen molar-refractivity contribution in [2.45, 2.75) is 82.3 Å². The SMILES string of the molecule is C=C1/C(=C\C=C2/CCC[C@]3(C)[C@@H]([C@H](C)CC[S@](=N)(=O)c4ccc(F)cc4)CC[C@@H]23)C[C@@H](O)C[C@@H]1O. The average molecular weight is 502 g/mol. The summed E-state index contributed by atoms with van der Waals surface area (Å²) < 4.78 is 34.7. The summed E-state index contributed by atoms with van der Waals surface area (Å²) in [5.41, 5.74) is 3.32. The first-order valence-electron chi connectivity index (χ1n) is 13.0. The van der Waals surface area contributed by atoms with E-state index in [9.17, 15) is 18.8 Å². The Morgan fingerprint density at radius 3 is 2.69 bits per heavy atom. The van der Waals surface area contributed by atoms with Crippen LogP contribution in [0.5, 0.6) is 0 Å². The Labute approximate surface area is 210 Å². The zero-order valence-corrected chi connectivity index (χ0v) is 21.8. The predicted octanol–water partition coefficient (Wildman–Crippen LogP) is 6.40. The van der Waals surface area contributed by atoms with Gasteiger partial charge in [0.15, 0.2) is 0 Å². The molecule has 3 fully saturated rings. The summed E-state index contributed by atoms with van der Waals surface area (Å²) >= 11 is 0. The highest BCUT2D eigenvalue weighted by atomic mass is 32.2. The number of halogens is 1. The largest absolute Gasteiger partial charge is 0.393 e. The van der Waals surface area contributed by atoms with Crippen molar-refractivity contribution in [1.82, 2.24) is 0 Å². The fraction of sp³-hybridized carbons (Fsp3) is 0.586. The van der Waals surface area contributed by atoms with Crippen molar-refractivity contribution in [2.75, 3.05) is 5.75 Å². The van der Waals surface area contributed by atoms with Gasteiger partial charge in [-0.2, -0.15) is 0 Å². The first-order chi connectivity index (χ1) is 16.5. The molecule has 4 nitrogen and oxygen atoms in total. The van der Waals surface area contributed by atoms with Gasteiger partial charge in [-0.3, -0.25) is 0 Å². The van der Waals surface area contributed by atoms with Crippen molar-refractivity contribution in [3.8, 4) is 0 Å². The van der Waals surface area contributed by atoms with Crippen LogP contribution in [0.3, 0.4) is 0 Å². The molecule has 35 heavy (non-hydrogen) atoms. The molecule has 1 aromatic rings. The smallest absolute Gasteiger partial charge is 0.123 e. The molecule has 0 bridgehead atoms. The molecule has 0 amide bonds. The van der Waals surface area contributed by atoms with Gasteiger partial charge in [-0.25, -0.2) is 13.4 Å². The molecule has 3 aliphatic rings. The van der Waals surface area contributed by atoms with E-state index in [4.69, 9.17) is 4.78 Å². The van der Waals surface area contributed by atoms with Gasteiger partial charge in [0.05, 0.1) is 21.9 Å². The zero-order chi connectivity index (χ0) is 25.4. The van der Waals surface area contributed by atoms with Crippen LogP contribution in [-0.4, -0.2) is 32.4 Å². The molecule has 0 radical (unpaired) electrons. The molecule has 7 atom stereocenters. The van der Waals surface area contributed by atoms with Gasteiger partial charge in [-0.1, -0.05) is 38.2 Å². The Balaban J connectivity index is 1.45. The molecule has 3 saturated carbocycles. The fourth-order valence-corrected chi connectivity index (χ4v) is 8.52. The predicted molar refractivity (Wildman–Crippen MR) is 139 cm³/mol. The number of benzene rings is 1. The molecule has 3 N–H and O–H groups in total. The van der Waals surface area contributed by atoms with Crippen LogP contribution in [0.1, 0.15) is 65.2 Å². The lowest BCUT2D eigenvalue weighted by Crippen LogP contribution is -2.36. The van der Waals surface area contributed by atoms with Crippen molar-refractivity contribution < 1.29 is 18.8 Å². The first kappa shape index (κ1) is 26.3. The van der Waals surface area contributed by atoms with Gasteiger partial charge in [0, 0.05) is 17.1 Å². The van der Waals surface area contributed by atoms with Gasteiger partial charge in [0.2, 0.25) is 0 Å². The van der Waals surface area contributed by atoms with E-state index < -0.39 is 21.9 Å². The summed E-state index contributed by atoms with van der Waals surface area (Å²) in [7, 11) is -2.93. The van der Waals surface area contributed by atoms with Crippen LogP contribution in [0, 0.1) is 33.8 Å². The Bertz CT molecular complexity index is 1110. The van der Waals surface area contributed by atoms with E-state index in [-0.39, 0.29) is 11.2 Å². The molecular formula is C29H40FNO3S. The van der Waals surface area contributed by atoms with E-state index in [0.29, 0.717) is 41.2 Å². The second kappa shape index (κ2) is 10.3. The minimum absolute atomic E-state index is 0.184. The average Bonchev–Trinajstić information content (AvgIpc) is 3.17. The number of allylic oxidation sites excluding steroid dienone is 3. The molecule has 0 saturated heterocycles. The van der Waals surface area contributed by atoms with Crippen molar-refractivity contribution in [3.05, 3.63) is 65.5 Å². The Morgan fingerprint density at radius 2 is 1.97 bits per heavy atom. The van der Waals surface area contributed by atoms with Crippen LogP contribution in [0.25, 0.3) is 0 Å². The number of aliphatic hydroxyl groups is 2. The molecule has 6 heteroatoms. The molecule has 0 aromatic heterocycles. The zero-order valence-electron chi connectivity index (χ0n) is 21.0.